The van der Waals surface area contributed by atoms with E-state index in [-0.39, 0.29) is 0 Å². The van der Waals surface area contributed by atoms with E-state index in [0.29, 0.717) is 31.2 Å². The molecule has 0 spiro atoms. The van der Waals surface area contributed by atoms with Gasteiger partial charge in [-0.2, -0.15) is 15.0 Å². The Balaban J connectivity index is 1.87. The molecule has 2 fully saturated rings. The number of aromatic nitrogens is 3. The maximum atomic E-state index is 5.52. The fraction of sp³-hybridized carbons (Fsp3) is 0.769. The Morgan fingerprint density at radius 2 is 2.05 bits per heavy atom. The van der Waals surface area contributed by atoms with E-state index in [1.54, 1.807) is 0 Å². The van der Waals surface area contributed by atoms with Crippen molar-refractivity contribution in [1.29, 1.82) is 0 Å². The lowest BCUT2D eigenvalue weighted by atomic mass is 10.4. The molecule has 21 heavy (non-hydrogen) atoms. The van der Waals surface area contributed by atoms with Gasteiger partial charge in [-0.1, -0.05) is 6.92 Å². The van der Waals surface area contributed by atoms with Crippen LogP contribution in [0, 0.1) is 0 Å². The number of nitrogens with one attached hydrogen (secondary N) is 1. The van der Waals surface area contributed by atoms with Crippen molar-refractivity contribution in [3.63, 3.8) is 0 Å². The van der Waals surface area contributed by atoms with Crippen LogP contribution in [0.15, 0.2) is 0 Å². The number of hydrogen-bond acceptors (Lipinski definition) is 8. The van der Waals surface area contributed by atoms with Crippen molar-refractivity contribution in [3.8, 4) is 0 Å². The van der Waals surface area contributed by atoms with Crippen LogP contribution < -0.4 is 21.1 Å². The quantitative estimate of drug-likeness (QED) is 0.574. The molecule has 3 N–H and O–H groups in total. The minimum atomic E-state index is 0.420. The van der Waals surface area contributed by atoms with Gasteiger partial charge in [0.1, 0.15) is 0 Å². The Hall–Kier alpha value is -1.67. The SMILES string of the molecule is CCCN(c1nc(NN)nc(N2CCOCC2)n1)C1CC1. The van der Waals surface area contributed by atoms with Crippen molar-refractivity contribution in [2.45, 2.75) is 32.2 Å². The third-order valence-electron chi connectivity index (χ3n) is 3.74. The van der Waals surface area contributed by atoms with Crippen LogP contribution in [0.5, 0.6) is 0 Å². The average Bonchev–Trinajstić information content (AvgIpc) is 3.37. The van der Waals surface area contributed by atoms with Crippen LogP contribution in [0.3, 0.4) is 0 Å². The van der Waals surface area contributed by atoms with Crippen molar-refractivity contribution < 1.29 is 4.74 Å². The van der Waals surface area contributed by atoms with Gasteiger partial charge >= 0.3 is 0 Å². The van der Waals surface area contributed by atoms with Crippen molar-refractivity contribution in [1.82, 2.24) is 15.0 Å². The van der Waals surface area contributed by atoms with Crippen LogP contribution in [0.25, 0.3) is 0 Å². The summed E-state index contributed by atoms with van der Waals surface area (Å²) < 4.78 is 5.38. The smallest absolute Gasteiger partial charge is 0.243 e. The van der Waals surface area contributed by atoms with Gasteiger partial charge in [0.25, 0.3) is 0 Å². The summed E-state index contributed by atoms with van der Waals surface area (Å²) in [7, 11) is 0. The summed E-state index contributed by atoms with van der Waals surface area (Å²) in [5, 5.41) is 0. The number of morpholine rings is 1. The molecule has 2 aliphatic rings. The van der Waals surface area contributed by atoms with E-state index in [9.17, 15) is 0 Å². The van der Waals surface area contributed by atoms with Gasteiger partial charge in [0, 0.05) is 25.7 Å². The van der Waals surface area contributed by atoms with Gasteiger partial charge in [-0.05, 0) is 19.3 Å². The maximum Gasteiger partial charge on any atom is 0.243 e. The largest absolute Gasteiger partial charge is 0.378 e. The second-order valence-corrected chi connectivity index (χ2v) is 5.43. The zero-order valence-corrected chi connectivity index (χ0v) is 12.5. The molecule has 0 radical (unpaired) electrons. The number of nitrogen functional groups attached to an aromatic ring is 1. The van der Waals surface area contributed by atoms with Gasteiger partial charge in [0.2, 0.25) is 17.8 Å². The first-order chi connectivity index (χ1) is 10.3. The number of ether oxygens (including phenoxy) is 1. The molecule has 1 aliphatic carbocycles. The number of rotatable bonds is 6. The van der Waals surface area contributed by atoms with Gasteiger partial charge in [-0.3, -0.25) is 5.43 Å². The predicted octanol–water partition coefficient (Wildman–Crippen LogP) is 0.373. The molecule has 3 rings (SSSR count). The van der Waals surface area contributed by atoms with E-state index < -0.39 is 0 Å². The number of hydrazine groups is 1. The number of anilines is 3. The fourth-order valence-corrected chi connectivity index (χ4v) is 2.52. The van der Waals surface area contributed by atoms with E-state index in [2.05, 4.69) is 37.1 Å². The molecule has 8 nitrogen and oxygen atoms in total. The van der Waals surface area contributed by atoms with Crippen LogP contribution in [-0.4, -0.2) is 53.8 Å². The Kier molecular flexibility index (Phi) is 4.35. The Morgan fingerprint density at radius 3 is 2.67 bits per heavy atom. The highest BCUT2D eigenvalue weighted by Crippen LogP contribution is 2.31. The van der Waals surface area contributed by atoms with Crippen molar-refractivity contribution in [2.75, 3.05) is 48.1 Å². The minimum Gasteiger partial charge on any atom is -0.378 e. The summed E-state index contributed by atoms with van der Waals surface area (Å²) in [4.78, 5) is 17.9. The number of nitrogens with zero attached hydrogens (tertiary/aromatic N) is 5. The molecule has 8 heteroatoms. The maximum absolute atomic E-state index is 5.52. The van der Waals surface area contributed by atoms with Crippen molar-refractivity contribution in [2.24, 2.45) is 5.84 Å². The lowest BCUT2D eigenvalue weighted by Crippen LogP contribution is -2.38. The third-order valence-corrected chi connectivity index (χ3v) is 3.74. The fourth-order valence-electron chi connectivity index (χ4n) is 2.52. The molecule has 0 amide bonds. The number of nitrogens with two attached hydrogens (primary N) is 1. The lowest BCUT2D eigenvalue weighted by Gasteiger charge is -2.28. The number of hydrogen-bond donors (Lipinski definition) is 2. The molecule has 0 aromatic carbocycles. The summed E-state index contributed by atoms with van der Waals surface area (Å²) >= 11 is 0. The molecule has 2 heterocycles. The summed E-state index contributed by atoms with van der Waals surface area (Å²) in [6, 6.07) is 0.565. The molecule has 1 aliphatic heterocycles. The second-order valence-electron chi connectivity index (χ2n) is 5.43. The van der Waals surface area contributed by atoms with E-state index in [1.807, 2.05) is 0 Å². The summed E-state index contributed by atoms with van der Waals surface area (Å²) in [6.07, 6.45) is 3.49. The molecule has 0 atom stereocenters. The standard InChI is InChI=1S/C13H23N7O/c1-2-5-20(10-3-4-10)13-16-11(18-14)15-12(17-13)19-6-8-21-9-7-19/h10H,2-9,14H2,1H3,(H,15,16,17,18). The summed E-state index contributed by atoms with van der Waals surface area (Å²) in [6.45, 7) is 6.12. The van der Waals surface area contributed by atoms with E-state index in [1.165, 1.54) is 12.8 Å². The molecule has 1 saturated heterocycles. The second kappa shape index (κ2) is 6.40. The first kappa shape index (κ1) is 14.3. The highest BCUT2D eigenvalue weighted by atomic mass is 16.5. The normalized spacial score (nSPS) is 18.7. The van der Waals surface area contributed by atoms with E-state index in [0.717, 1.165) is 32.0 Å². The van der Waals surface area contributed by atoms with E-state index >= 15 is 0 Å². The minimum absolute atomic E-state index is 0.420. The monoisotopic (exact) mass is 293 g/mol. The third kappa shape index (κ3) is 3.33. The van der Waals surface area contributed by atoms with Gasteiger partial charge in [-0.25, -0.2) is 5.84 Å². The molecule has 0 bridgehead atoms. The Labute approximate surface area is 124 Å². The lowest BCUT2D eigenvalue weighted by molar-refractivity contribution is 0.122. The first-order valence-electron chi connectivity index (χ1n) is 7.64. The summed E-state index contributed by atoms with van der Waals surface area (Å²) in [5.41, 5.74) is 2.56. The van der Waals surface area contributed by atoms with Crippen LogP contribution >= 0.6 is 0 Å². The van der Waals surface area contributed by atoms with E-state index in [4.69, 9.17) is 10.6 Å². The Bertz CT molecular complexity index is 474. The molecule has 116 valence electrons. The average molecular weight is 293 g/mol. The molecule has 1 saturated carbocycles. The van der Waals surface area contributed by atoms with Crippen LogP contribution in [0.2, 0.25) is 0 Å². The van der Waals surface area contributed by atoms with Crippen LogP contribution in [-0.2, 0) is 4.74 Å². The Morgan fingerprint density at radius 1 is 1.29 bits per heavy atom. The predicted molar refractivity (Wildman–Crippen MR) is 81.3 cm³/mol. The van der Waals surface area contributed by atoms with Crippen LogP contribution in [0.1, 0.15) is 26.2 Å². The van der Waals surface area contributed by atoms with Crippen molar-refractivity contribution in [3.05, 3.63) is 0 Å². The van der Waals surface area contributed by atoms with Gasteiger partial charge in [0.05, 0.1) is 13.2 Å². The first-order valence-corrected chi connectivity index (χ1v) is 7.64. The topological polar surface area (TPSA) is 92.4 Å². The van der Waals surface area contributed by atoms with Crippen LogP contribution in [0.4, 0.5) is 17.8 Å². The molecular weight excluding hydrogens is 270 g/mol. The van der Waals surface area contributed by atoms with Gasteiger partial charge < -0.3 is 14.5 Å². The molecule has 1 aromatic rings. The molecular formula is C13H23N7O. The van der Waals surface area contributed by atoms with Gasteiger partial charge in [0.15, 0.2) is 0 Å². The van der Waals surface area contributed by atoms with Gasteiger partial charge in [-0.15, -0.1) is 0 Å². The van der Waals surface area contributed by atoms with Crippen molar-refractivity contribution >= 4 is 17.8 Å². The molecule has 0 unspecified atom stereocenters. The summed E-state index contributed by atoms with van der Waals surface area (Å²) in [5.74, 6) is 7.34. The highest BCUT2D eigenvalue weighted by molar-refractivity contribution is 5.46. The highest BCUT2D eigenvalue weighted by Gasteiger charge is 2.31. The zero-order chi connectivity index (χ0) is 14.7. The molecule has 1 aromatic heterocycles. The zero-order valence-electron chi connectivity index (χ0n) is 12.5.